The van der Waals surface area contributed by atoms with Crippen LogP contribution < -0.4 is 0 Å². The van der Waals surface area contributed by atoms with E-state index in [0.717, 1.165) is 0 Å². The van der Waals surface area contributed by atoms with Crippen LogP contribution in [0.5, 0.6) is 0 Å². The van der Waals surface area contributed by atoms with E-state index in [4.69, 9.17) is 0 Å². The predicted octanol–water partition coefficient (Wildman–Crippen LogP) is -0.653. The molecule has 0 nitrogen and oxygen atoms in total. The third-order valence-corrected chi connectivity index (χ3v) is 0. The molecule has 0 unspecified atom stereocenters. The summed E-state index contributed by atoms with van der Waals surface area (Å²) in [4.78, 5) is 0. The van der Waals surface area contributed by atoms with Gasteiger partial charge in [-0.3, -0.25) is 0 Å². The van der Waals surface area contributed by atoms with Crippen LogP contribution in [0.15, 0.2) is 0 Å². The summed E-state index contributed by atoms with van der Waals surface area (Å²) in [7, 11) is 0. The predicted molar refractivity (Wildman–Crippen MR) is 7.15 cm³/mol. The molecule has 0 aromatic carbocycles. The number of rotatable bonds is 0. The summed E-state index contributed by atoms with van der Waals surface area (Å²) in [6.45, 7) is 0. The van der Waals surface area contributed by atoms with Gasteiger partial charge in [-0.25, -0.2) is 0 Å². The van der Waals surface area contributed by atoms with Crippen molar-refractivity contribution in [2.24, 2.45) is 0 Å². The van der Waals surface area contributed by atoms with Gasteiger partial charge < -0.3 is 0 Å². The number of hydrogen-bond donors (Lipinski definition) is 0. The Hall–Kier alpha value is 4.44. The van der Waals surface area contributed by atoms with Gasteiger partial charge >= 0.3 is 51.4 Å². The van der Waals surface area contributed by atoms with E-state index in [2.05, 4.69) is 0 Å². The molecule has 0 amide bonds. The van der Waals surface area contributed by atoms with Crippen LogP contribution in [0.1, 0.15) is 0 Å². The molecule has 0 bridgehead atoms. The van der Waals surface area contributed by atoms with Gasteiger partial charge in [0.2, 0.25) is 0 Å². The smallest absolute Gasteiger partial charge is 0 e. The monoisotopic (exact) mass is 482 g/mol. The van der Waals surface area contributed by atoms with Gasteiger partial charge in [-0.2, -0.15) is 0 Å². The maximum Gasteiger partial charge on any atom is 0 e. The topological polar surface area (TPSA) is 0 Å². The van der Waals surface area contributed by atoms with Crippen molar-refractivity contribution in [3.63, 3.8) is 0 Å². The molecule has 0 atom stereocenters. The summed E-state index contributed by atoms with van der Waals surface area (Å²) in [6, 6.07) is 0. The zero-order valence-corrected chi connectivity index (χ0v) is 8.01. The fraction of sp³-hybridized carbons (Fsp3) is 0. The quantitative estimate of drug-likeness (QED) is 0.402. The maximum atomic E-state index is 0. The van der Waals surface area contributed by atoms with Crippen molar-refractivity contribution >= 4 is 51.4 Å². The fourth-order valence-electron chi connectivity index (χ4n) is 0. The summed E-state index contributed by atoms with van der Waals surface area (Å²) in [5, 5.41) is 0. The molecule has 0 saturated heterocycles. The Bertz CT molecular complexity index is 8.00. The first kappa shape index (κ1) is 23.7. The molecule has 0 saturated carbocycles. The van der Waals surface area contributed by atoms with Crippen molar-refractivity contribution in [1.29, 1.82) is 0 Å². The molecule has 0 N–H and O–H groups in total. The minimum atomic E-state index is 0. The maximum absolute atomic E-state index is 0. The van der Waals surface area contributed by atoms with Crippen LogP contribution in [0.25, 0.3) is 0 Å². The first-order valence-corrected chi connectivity index (χ1v) is 0. The summed E-state index contributed by atoms with van der Waals surface area (Å²) >= 11 is 0. The summed E-state index contributed by atoms with van der Waals surface area (Å²) in [5.41, 5.74) is 0. The van der Waals surface area contributed by atoms with Gasteiger partial charge in [0.25, 0.3) is 0 Å². The molecule has 0 aliphatic carbocycles. The van der Waals surface area contributed by atoms with Gasteiger partial charge in [0, 0.05) is 85.2 Å². The number of hydrogen-bond acceptors (Lipinski definition) is 0. The molecule has 0 aliphatic heterocycles. The standard InChI is InChI=1S/Ag.Ce.K.Pt.H. The van der Waals surface area contributed by atoms with Crippen molar-refractivity contribution in [2.45, 2.75) is 0 Å². The Kier molecular flexibility index (Phi) is 92.7. The van der Waals surface area contributed by atoms with E-state index >= 15 is 0 Å². The Morgan fingerprint density at radius 3 is 1.00 bits per heavy atom. The molecule has 0 fully saturated rings. The van der Waals surface area contributed by atoms with Gasteiger partial charge in [0.1, 0.15) is 0 Å². The van der Waals surface area contributed by atoms with E-state index in [1.165, 1.54) is 0 Å². The Morgan fingerprint density at radius 2 is 1.00 bits per heavy atom. The molecule has 0 aliphatic rings. The Morgan fingerprint density at radius 1 is 1.00 bits per heavy atom. The van der Waals surface area contributed by atoms with Crippen molar-refractivity contribution in [3.8, 4) is 0 Å². The van der Waals surface area contributed by atoms with Crippen molar-refractivity contribution in [1.82, 2.24) is 0 Å². The molecule has 0 spiro atoms. The van der Waals surface area contributed by atoms with Crippen molar-refractivity contribution in [2.75, 3.05) is 0 Å². The van der Waals surface area contributed by atoms with Crippen molar-refractivity contribution < 1.29 is 85.2 Å². The normalized spacial score (nSPS) is 0. The average Bonchev–Trinajstić information content (AvgIpc) is 0. The molecule has 0 rings (SSSR count). The fourth-order valence-corrected chi connectivity index (χ4v) is 0. The molecule has 0 aromatic heterocycles. The van der Waals surface area contributed by atoms with E-state index in [0.29, 0.717) is 0 Å². The van der Waals surface area contributed by atoms with Crippen molar-refractivity contribution in [3.05, 3.63) is 0 Å². The van der Waals surface area contributed by atoms with Crippen LogP contribution in [0.2, 0.25) is 0 Å². The van der Waals surface area contributed by atoms with E-state index in [1.807, 2.05) is 0 Å². The van der Waals surface area contributed by atoms with Gasteiger partial charge in [0.05, 0.1) is 0 Å². The minimum absolute atomic E-state index is 0. The van der Waals surface area contributed by atoms with E-state index < -0.39 is 0 Å². The van der Waals surface area contributed by atoms with E-state index in [-0.39, 0.29) is 137 Å². The van der Waals surface area contributed by atoms with Crippen LogP contribution >= 0.6 is 0 Å². The van der Waals surface area contributed by atoms with Gasteiger partial charge in [-0.05, 0) is 0 Å². The second-order valence-corrected chi connectivity index (χ2v) is 0. The van der Waals surface area contributed by atoms with Crippen LogP contribution in [-0.4, -0.2) is 51.4 Å². The minimum Gasteiger partial charge on any atom is 0 e. The Labute approximate surface area is 132 Å². The first-order chi connectivity index (χ1) is 0. The molecule has 1 radical (unpaired) electrons. The second-order valence-electron chi connectivity index (χ2n) is 0. The van der Waals surface area contributed by atoms with E-state index in [9.17, 15) is 0 Å². The van der Waals surface area contributed by atoms with Crippen LogP contribution in [0.3, 0.4) is 0 Å². The molecule has 0 aromatic rings. The first-order valence-electron chi connectivity index (χ1n) is 0. The summed E-state index contributed by atoms with van der Waals surface area (Å²) < 4.78 is 0. The zero-order valence-electron chi connectivity index (χ0n) is 1.12. The zero-order chi connectivity index (χ0) is 0. The summed E-state index contributed by atoms with van der Waals surface area (Å²) in [6.07, 6.45) is 0. The second kappa shape index (κ2) is 15.7. The van der Waals surface area contributed by atoms with E-state index in [1.54, 1.807) is 0 Å². The molecule has 0 heterocycles. The van der Waals surface area contributed by atoms with Crippen LogP contribution in [0.4, 0.5) is 0 Å². The van der Waals surface area contributed by atoms with Gasteiger partial charge in [-0.1, -0.05) is 0 Å². The molecule has 4 heavy (non-hydrogen) atoms. The van der Waals surface area contributed by atoms with Crippen LogP contribution in [0, 0.1) is 41.7 Å². The summed E-state index contributed by atoms with van der Waals surface area (Å²) in [5.74, 6) is 0. The largest absolute Gasteiger partial charge is 0 e. The molecular weight excluding hydrogens is 482 g/mol. The molecular formula is HAgCeKPt. The Balaban J connectivity index is 0. The van der Waals surface area contributed by atoms with Gasteiger partial charge in [0.15, 0.2) is 0 Å². The molecule has 4 heteroatoms. The molecule has 27 valence electrons. The average molecular weight is 483 g/mol. The van der Waals surface area contributed by atoms with Gasteiger partial charge in [-0.15, -0.1) is 0 Å². The van der Waals surface area contributed by atoms with Crippen LogP contribution in [-0.2, 0) is 43.4 Å². The SMILES string of the molecule is [Ag].[Ce].[KH].[Pt]. The third kappa shape index (κ3) is 9.67. The third-order valence-electron chi connectivity index (χ3n) is 0.